The minimum Gasteiger partial charge on any atom is -0.347 e. The lowest BCUT2D eigenvalue weighted by molar-refractivity contribution is 0.353. The number of para-hydroxylation sites is 1. The quantitative estimate of drug-likeness (QED) is 0.796. The molecule has 0 bridgehead atoms. The van der Waals surface area contributed by atoms with Gasteiger partial charge in [-0.3, -0.25) is 0 Å². The third kappa shape index (κ3) is 1.31. The highest BCUT2D eigenvalue weighted by atomic mass is 15.0. The summed E-state index contributed by atoms with van der Waals surface area (Å²) in [4.78, 5) is 0. The van der Waals surface area contributed by atoms with Gasteiger partial charge in [0, 0.05) is 24.2 Å². The topological polar surface area (TPSA) is 30.9 Å². The zero-order chi connectivity index (χ0) is 11.4. The lowest BCUT2D eigenvalue weighted by Crippen LogP contribution is -2.34. The van der Waals surface area contributed by atoms with Crippen LogP contribution < -0.4 is 5.73 Å². The highest BCUT2D eigenvalue weighted by Gasteiger charge is 2.30. The summed E-state index contributed by atoms with van der Waals surface area (Å²) in [7, 11) is 0. The molecule has 0 radical (unpaired) electrons. The van der Waals surface area contributed by atoms with E-state index < -0.39 is 0 Å². The lowest BCUT2D eigenvalue weighted by Gasteiger charge is -2.32. The fourth-order valence-electron chi connectivity index (χ4n) is 3.52. The predicted molar refractivity (Wildman–Crippen MR) is 70.2 cm³/mol. The number of aromatic nitrogens is 1. The maximum atomic E-state index is 5.93. The van der Waals surface area contributed by atoms with Gasteiger partial charge in [-0.15, -0.1) is 0 Å². The first-order valence-corrected chi connectivity index (χ1v) is 6.69. The Morgan fingerprint density at radius 1 is 1.24 bits per heavy atom. The van der Waals surface area contributed by atoms with Crippen molar-refractivity contribution in [3.05, 3.63) is 35.5 Å². The molecule has 2 aliphatic rings. The van der Waals surface area contributed by atoms with Crippen molar-refractivity contribution >= 4 is 10.9 Å². The van der Waals surface area contributed by atoms with Crippen LogP contribution in [0.25, 0.3) is 10.9 Å². The van der Waals surface area contributed by atoms with Crippen molar-refractivity contribution in [3.63, 3.8) is 0 Å². The van der Waals surface area contributed by atoms with Gasteiger partial charge in [-0.05, 0) is 42.7 Å². The van der Waals surface area contributed by atoms with E-state index in [4.69, 9.17) is 5.73 Å². The van der Waals surface area contributed by atoms with Gasteiger partial charge < -0.3 is 10.3 Å². The van der Waals surface area contributed by atoms with Gasteiger partial charge in [-0.2, -0.15) is 0 Å². The van der Waals surface area contributed by atoms with E-state index in [0.29, 0.717) is 12.0 Å². The highest BCUT2D eigenvalue weighted by Crippen LogP contribution is 2.41. The summed E-state index contributed by atoms with van der Waals surface area (Å²) in [5, 5.41) is 1.49. The van der Waals surface area contributed by atoms with E-state index >= 15 is 0 Å². The number of nitrogens with zero attached hydrogens (tertiary/aromatic N) is 1. The van der Waals surface area contributed by atoms with Crippen LogP contribution in [0.4, 0.5) is 0 Å². The molecule has 88 valence electrons. The molecule has 2 N–H and O–H groups in total. The van der Waals surface area contributed by atoms with Gasteiger partial charge in [-0.1, -0.05) is 18.2 Å². The lowest BCUT2D eigenvalue weighted by atomic mass is 9.76. The molecule has 1 aliphatic carbocycles. The third-order valence-electron chi connectivity index (χ3n) is 4.47. The van der Waals surface area contributed by atoms with Crippen molar-refractivity contribution in [1.82, 2.24) is 4.57 Å². The van der Waals surface area contributed by atoms with Crippen molar-refractivity contribution in [2.24, 2.45) is 5.73 Å². The summed E-state index contributed by atoms with van der Waals surface area (Å²) in [5.41, 5.74) is 10.5. The zero-order valence-electron chi connectivity index (χ0n) is 10.0. The Kier molecular flexibility index (Phi) is 1.92. The molecular formula is C15H18N2. The first-order valence-electron chi connectivity index (χ1n) is 6.69. The molecule has 17 heavy (non-hydrogen) atoms. The summed E-state index contributed by atoms with van der Waals surface area (Å²) in [5.74, 6) is 0.710. The second-order valence-corrected chi connectivity index (χ2v) is 5.62. The molecule has 2 heteroatoms. The van der Waals surface area contributed by atoms with Crippen LogP contribution in [0.15, 0.2) is 24.4 Å². The summed E-state index contributed by atoms with van der Waals surface area (Å²) < 4.78 is 2.47. The minimum absolute atomic E-state index is 0.437. The molecule has 1 aliphatic heterocycles. The molecule has 0 unspecified atom stereocenters. The van der Waals surface area contributed by atoms with E-state index in [9.17, 15) is 0 Å². The Bertz CT molecular complexity index is 576. The number of nitrogens with two attached hydrogens (primary N) is 1. The predicted octanol–water partition coefficient (Wildman–Crippen LogP) is 2.79. The number of hydrogen-bond donors (Lipinski definition) is 1. The van der Waals surface area contributed by atoms with Gasteiger partial charge in [0.15, 0.2) is 0 Å². The maximum Gasteiger partial charge on any atom is 0.0515 e. The first-order chi connectivity index (χ1) is 8.33. The Hall–Kier alpha value is -1.28. The van der Waals surface area contributed by atoms with Crippen molar-refractivity contribution in [2.75, 3.05) is 0 Å². The monoisotopic (exact) mass is 226 g/mol. The Labute approximate surface area is 101 Å². The summed E-state index contributed by atoms with van der Waals surface area (Å²) in [6, 6.07) is 7.23. The van der Waals surface area contributed by atoms with Crippen LogP contribution in [0.3, 0.4) is 0 Å². The van der Waals surface area contributed by atoms with E-state index in [-0.39, 0.29) is 0 Å². The molecule has 4 rings (SSSR count). The van der Waals surface area contributed by atoms with Crippen LogP contribution in [0, 0.1) is 0 Å². The third-order valence-corrected chi connectivity index (χ3v) is 4.47. The number of rotatable bonds is 1. The van der Waals surface area contributed by atoms with Gasteiger partial charge in [0.05, 0.1) is 5.52 Å². The van der Waals surface area contributed by atoms with E-state index in [2.05, 4.69) is 29.0 Å². The zero-order valence-corrected chi connectivity index (χ0v) is 10.0. The second-order valence-electron chi connectivity index (χ2n) is 5.62. The number of hydrogen-bond acceptors (Lipinski definition) is 1. The number of aryl methyl sites for hydroxylation is 2. The Balaban J connectivity index is 1.91. The van der Waals surface area contributed by atoms with E-state index in [0.717, 1.165) is 0 Å². The molecule has 1 aromatic carbocycles. The Morgan fingerprint density at radius 2 is 2.12 bits per heavy atom. The molecule has 0 atom stereocenters. The molecule has 1 saturated carbocycles. The second kappa shape index (κ2) is 3.36. The number of benzene rings is 1. The standard InChI is InChI=1S/C15H18N2/c16-12-7-11(8-12)14-9-17-6-2-4-10-3-1-5-13(14)15(10)17/h1,3,5,9,11-12H,2,4,6-8,16H2. The molecule has 2 heterocycles. The molecule has 0 spiro atoms. The SMILES string of the molecule is NC1CC(c2cn3c4c(cccc24)CCC3)C1. The van der Waals surface area contributed by atoms with E-state index in [1.54, 1.807) is 5.56 Å². The van der Waals surface area contributed by atoms with Crippen LogP contribution >= 0.6 is 0 Å². The van der Waals surface area contributed by atoms with E-state index in [1.165, 1.54) is 48.7 Å². The van der Waals surface area contributed by atoms with Crippen LogP contribution in [0.2, 0.25) is 0 Å². The molecule has 2 aromatic rings. The van der Waals surface area contributed by atoms with Gasteiger partial charge >= 0.3 is 0 Å². The van der Waals surface area contributed by atoms with E-state index in [1.807, 2.05) is 0 Å². The average Bonchev–Trinajstić information content (AvgIpc) is 2.67. The molecule has 0 saturated heterocycles. The first kappa shape index (κ1) is 9.72. The van der Waals surface area contributed by atoms with Gasteiger partial charge in [0.2, 0.25) is 0 Å². The maximum absolute atomic E-state index is 5.93. The Morgan fingerprint density at radius 3 is 2.94 bits per heavy atom. The van der Waals surface area contributed by atoms with Gasteiger partial charge in [-0.25, -0.2) is 0 Å². The highest BCUT2D eigenvalue weighted by molar-refractivity contribution is 5.88. The van der Waals surface area contributed by atoms with Crippen LogP contribution in [-0.4, -0.2) is 10.6 Å². The molecule has 1 aromatic heterocycles. The smallest absolute Gasteiger partial charge is 0.0515 e. The largest absolute Gasteiger partial charge is 0.347 e. The average molecular weight is 226 g/mol. The summed E-state index contributed by atoms with van der Waals surface area (Å²) >= 11 is 0. The van der Waals surface area contributed by atoms with Crippen LogP contribution in [0.1, 0.15) is 36.3 Å². The fraction of sp³-hybridized carbons (Fsp3) is 0.467. The van der Waals surface area contributed by atoms with Gasteiger partial charge in [0.1, 0.15) is 0 Å². The minimum atomic E-state index is 0.437. The molecule has 0 amide bonds. The van der Waals surface area contributed by atoms with Crippen molar-refractivity contribution in [2.45, 2.75) is 44.2 Å². The fourth-order valence-corrected chi connectivity index (χ4v) is 3.52. The van der Waals surface area contributed by atoms with Crippen LogP contribution in [0.5, 0.6) is 0 Å². The molecule has 1 fully saturated rings. The molecular weight excluding hydrogens is 208 g/mol. The summed E-state index contributed by atoms with van der Waals surface area (Å²) in [6.07, 6.45) is 7.26. The summed E-state index contributed by atoms with van der Waals surface area (Å²) in [6.45, 7) is 1.19. The van der Waals surface area contributed by atoms with Gasteiger partial charge in [0.25, 0.3) is 0 Å². The van der Waals surface area contributed by atoms with Crippen molar-refractivity contribution in [3.8, 4) is 0 Å². The van der Waals surface area contributed by atoms with Crippen molar-refractivity contribution in [1.29, 1.82) is 0 Å². The van der Waals surface area contributed by atoms with Crippen molar-refractivity contribution < 1.29 is 0 Å². The normalized spacial score (nSPS) is 27.1. The van der Waals surface area contributed by atoms with Crippen LogP contribution in [-0.2, 0) is 13.0 Å². The molecule has 2 nitrogen and oxygen atoms in total.